The number of ether oxygens (including phenoxy) is 1. The molecule has 120 valence electrons. The first-order valence-corrected chi connectivity index (χ1v) is 6.52. The van der Waals surface area contributed by atoms with Crippen LogP contribution in [0, 0.1) is 0 Å². The standard InChI is InChI=1S/C16H13F3N2O2/c17-16(18,19)23-14-8-6-13(7-9-14)21-15(22)10-3-11-1-4-12(20)5-2-11/h1-10H,20H2,(H,21,22)/b10-3+. The van der Waals surface area contributed by atoms with Crippen molar-refractivity contribution in [2.24, 2.45) is 0 Å². The zero-order valence-corrected chi connectivity index (χ0v) is 11.8. The zero-order chi connectivity index (χ0) is 16.9. The van der Waals surface area contributed by atoms with Crippen LogP contribution in [0.25, 0.3) is 6.08 Å². The number of amides is 1. The quantitative estimate of drug-likeness (QED) is 0.664. The van der Waals surface area contributed by atoms with E-state index in [2.05, 4.69) is 10.1 Å². The Morgan fingerprint density at radius 2 is 1.65 bits per heavy atom. The number of carbonyl (C=O) groups excluding carboxylic acids is 1. The Hall–Kier alpha value is -2.96. The van der Waals surface area contributed by atoms with Gasteiger partial charge in [-0.1, -0.05) is 12.1 Å². The number of hydrogen-bond donors (Lipinski definition) is 2. The predicted molar refractivity (Wildman–Crippen MR) is 81.6 cm³/mol. The number of rotatable bonds is 4. The molecule has 0 radical (unpaired) electrons. The van der Waals surface area contributed by atoms with Gasteiger partial charge >= 0.3 is 6.36 Å². The van der Waals surface area contributed by atoms with Crippen molar-refractivity contribution in [1.29, 1.82) is 0 Å². The Kier molecular flexibility index (Phi) is 4.90. The number of hydrogen-bond acceptors (Lipinski definition) is 3. The number of benzene rings is 2. The van der Waals surface area contributed by atoms with E-state index in [0.717, 1.165) is 17.7 Å². The lowest BCUT2D eigenvalue weighted by molar-refractivity contribution is -0.274. The van der Waals surface area contributed by atoms with Crippen molar-refractivity contribution in [2.45, 2.75) is 6.36 Å². The van der Waals surface area contributed by atoms with Gasteiger partial charge in [-0.15, -0.1) is 13.2 Å². The lowest BCUT2D eigenvalue weighted by Gasteiger charge is -2.09. The molecule has 0 saturated carbocycles. The lowest BCUT2D eigenvalue weighted by Crippen LogP contribution is -2.17. The largest absolute Gasteiger partial charge is 0.573 e. The van der Waals surface area contributed by atoms with Crippen molar-refractivity contribution in [1.82, 2.24) is 0 Å². The van der Waals surface area contributed by atoms with Gasteiger partial charge in [0.25, 0.3) is 0 Å². The first-order chi connectivity index (χ1) is 10.8. The molecule has 0 heterocycles. The summed E-state index contributed by atoms with van der Waals surface area (Å²) in [5.41, 5.74) is 7.32. The molecular formula is C16H13F3N2O2. The van der Waals surface area contributed by atoms with E-state index in [-0.39, 0.29) is 5.75 Å². The Labute approximate surface area is 130 Å². The third-order valence-corrected chi connectivity index (χ3v) is 2.72. The van der Waals surface area contributed by atoms with Gasteiger partial charge in [0.1, 0.15) is 5.75 Å². The number of nitrogens with two attached hydrogens (primary N) is 1. The van der Waals surface area contributed by atoms with Crippen LogP contribution in [0.3, 0.4) is 0 Å². The summed E-state index contributed by atoms with van der Waals surface area (Å²) < 4.78 is 39.8. The first kappa shape index (κ1) is 16.4. The van der Waals surface area contributed by atoms with Crippen molar-refractivity contribution < 1.29 is 22.7 Å². The molecule has 0 spiro atoms. The van der Waals surface area contributed by atoms with Crippen molar-refractivity contribution >= 4 is 23.4 Å². The Morgan fingerprint density at radius 1 is 1.04 bits per heavy atom. The van der Waals surface area contributed by atoms with Crippen molar-refractivity contribution in [3.8, 4) is 5.75 Å². The van der Waals surface area contributed by atoms with Gasteiger partial charge in [0.05, 0.1) is 0 Å². The summed E-state index contributed by atoms with van der Waals surface area (Å²) in [5.74, 6) is -0.765. The highest BCUT2D eigenvalue weighted by atomic mass is 19.4. The fourth-order valence-electron chi connectivity index (χ4n) is 1.70. The maximum atomic E-state index is 12.0. The summed E-state index contributed by atoms with van der Waals surface area (Å²) in [6.45, 7) is 0. The third kappa shape index (κ3) is 5.74. The third-order valence-electron chi connectivity index (χ3n) is 2.72. The van der Waals surface area contributed by atoms with Crippen LogP contribution in [-0.4, -0.2) is 12.3 Å². The molecule has 1 amide bonds. The Morgan fingerprint density at radius 3 is 2.22 bits per heavy atom. The van der Waals surface area contributed by atoms with E-state index in [0.29, 0.717) is 11.4 Å². The second kappa shape index (κ2) is 6.87. The number of anilines is 2. The molecule has 2 rings (SSSR count). The minimum atomic E-state index is -4.74. The zero-order valence-electron chi connectivity index (χ0n) is 11.8. The summed E-state index contributed by atoms with van der Waals surface area (Å²) in [6, 6.07) is 11.8. The van der Waals surface area contributed by atoms with Crippen LogP contribution in [-0.2, 0) is 4.79 Å². The summed E-state index contributed by atoms with van der Waals surface area (Å²) in [5, 5.41) is 2.53. The number of carbonyl (C=O) groups is 1. The van der Waals surface area contributed by atoms with E-state index >= 15 is 0 Å². The minimum absolute atomic E-state index is 0.353. The molecule has 7 heteroatoms. The predicted octanol–water partition coefficient (Wildman–Crippen LogP) is 3.82. The summed E-state index contributed by atoms with van der Waals surface area (Å²) in [6.07, 6.45) is -1.84. The monoisotopic (exact) mass is 322 g/mol. The van der Waals surface area contributed by atoms with E-state index in [4.69, 9.17) is 5.73 Å². The molecule has 4 nitrogen and oxygen atoms in total. The highest BCUT2D eigenvalue weighted by Gasteiger charge is 2.30. The number of alkyl halides is 3. The molecule has 2 aromatic rings. The fraction of sp³-hybridized carbons (Fsp3) is 0.0625. The van der Waals surface area contributed by atoms with Gasteiger partial charge in [0, 0.05) is 17.5 Å². The Balaban J connectivity index is 1.93. The molecule has 0 aliphatic carbocycles. The van der Waals surface area contributed by atoms with E-state index < -0.39 is 12.3 Å². The normalized spacial score (nSPS) is 11.4. The maximum Gasteiger partial charge on any atom is 0.573 e. The topological polar surface area (TPSA) is 64.4 Å². The second-order valence-corrected chi connectivity index (χ2v) is 4.56. The van der Waals surface area contributed by atoms with E-state index in [1.165, 1.54) is 18.2 Å². The van der Waals surface area contributed by atoms with Gasteiger partial charge in [-0.05, 0) is 48.0 Å². The molecule has 0 atom stereocenters. The van der Waals surface area contributed by atoms with Gasteiger partial charge in [-0.3, -0.25) is 4.79 Å². The van der Waals surface area contributed by atoms with Crippen LogP contribution in [0.1, 0.15) is 5.56 Å². The SMILES string of the molecule is Nc1ccc(/C=C/C(=O)Nc2ccc(OC(F)(F)F)cc2)cc1. The summed E-state index contributed by atoms with van der Waals surface area (Å²) in [7, 11) is 0. The molecule has 0 unspecified atom stereocenters. The van der Waals surface area contributed by atoms with Crippen molar-refractivity contribution in [3.63, 3.8) is 0 Å². The molecule has 0 saturated heterocycles. The van der Waals surface area contributed by atoms with E-state index in [1.54, 1.807) is 30.3 Å². The van der Waals surface area contributed by atoms with Gasteiger partial charge in [0.15, 0.2) is 0 Å². The van der Waals surface area contributed by atoms with Crippen LogP contribution in [0.15, 0.2) is 54.6 Å². The molecule has 0 aliphatic rings. The smallest absolute Gasteiger partial charge is 0.406 e. The number of nitrogens with one attached hydrogen (secondary N) is 1. The van der Waals surface area contributed by atoms with Gasteiger partial charge in [0.2, 0.25) is 5.91 Å². The van der Waals surface area contributed by atoms with Gasteiger partial charge in [-0.2, -0.15) is 0 Å². The minimum Gasteiger partial charge on any atom is -0.406 e. The highest BCUT2D eigenvalue weighted by Crippen LogP contribution is 2.23. The van der Waals surface area contributed by atoms with Crippen LogP contribution < -0.4 is 15.8 Å². The molecule has 3 N–H and O–H groups in total. The maximum absolute atomic E-state index is 12.0. The Bertz CT molecular complexity index is 693. The summed E-state index contributed by atoms with van der Waals surface area (Å²) >= 11 is 0. The molecule has 0 fully saturated rings. The number of halogens is 3. The molecule has 23 heavy (non-hydrogen) atoms. The lowest BCUT2D eigenvalue weighted by atomic mass is 10.2. The highest BCUT2D eigenvalue weighted by molar-refractivity contribution is 6.01. The van der Waals surface area contributed by atoms with Crippen molar-refractivity contribution in [2.75, 3.05) is 11.1 Å². The first-order valence-electron chi connectivity index (χ1n) is 6.52. The van der Waals surface area contributed by atoms with E-state index in [1.807, 2.05) is 0 Å². The average molecular weight is 322 g/mol. The fourth-order valence-corrected chi connectivity index (χ4v) is 1.70. The van der Waals surface area contributed by atoms with E-state index in [9.17, 15) is 18.0 Å². The second-order valence-electron chi connectivity index (χ2n) is 4.56. The molecule has 0 bridgehead atoms. The average Bonchev–Trinajstić information content (AvgIpc) is 2.47. The van der Waals surface area contributed by atoms with Gasteiger partial charge in [-0.25, -0.2) is 0 Å². The van der Waals surface area contributed by atoms with Crippen LogP contribution >= 0.6 is 0 Å². The number of nitrogen functional groups attached to an aromatic ring is 1. The molecule has 0 aromatic heterocycles. The van der Waals surface area contributed by atoms with Gasteiger partial charge < -0.3 is 15.8 Å². The van der Waals surface area contributed by atoms with Crippen molar-refractivity contribution in [3.05, 3.63) is 60.2 Å². The van der Waals surface area contributed by atoms with Crippen LogP contribution in [0.5, 0.6) is 5.75 Å². The van der Waals surface area contributed by atoms with Crippen LogP contribution in [0.4, 0.5) is 24.5 Å². The molecule has 0 aliphatic heterocycles. The molecular weight excluding hydrogens is 309 g/mol. The van der Waals surface area contributed by atoms with Crippen LogP contribution in [0.2, 0.25) is 0 Å². The molecule has 2 aromatic carbocycles. The summed E-state index contributed by atoms with van der Waals surface area (Å²) in [4.78, 5) is 11.7.